The Labute approximate surface area is 366 Å². The van der Waals surface area contributed by atoms with Crippen molar-refractivity contribution in [1.82, 2.24) is 0 Å². The molecule has 4 aromatic heterocycles. The molecule has 2 aromatic carbocycles. The zero-order chi connectivity index (χ0) is 40.5. The molecule has 0 spiro atoms. The van der Waals surface area contributed by atoms with Gasteiger partial charge in [-0.05, 0) is 124 Å². The first-order chi connectivity index (χ1) is 26.9. The predicted molar refractivity (Wildman–Crippen MR) is 249 cm³/mol. The SMILES string of the molecule is CC(C)(C)c1ccc(Sc2cccs2)cc1.CCCCCSc1cccs1.COc1ccc(Sc2cccs2)cc1.FC(F)(F)CCCCCSc1cccs1. The van der Waals surface area contributed by atoms with Gasteiger partial charge in [0.15, 0.2) is 0 Å². The minimum absolute atomic E-state index is 0.242. The van der Waals surface area contributed by atoms with Crippen molar-refractivity contribution in [3.05, 3.63) is 124 Å². The molecular weight excluding hydrogens is 858 g/mol. The first-order valence-electron chi connectivity index (χ1n) is 18.5. The van der Waals surface area contributed by atoms with E-state index in [1.54, 1.807) is 64.6 Å². The largest absolute Gasteiger partial charge is 0.497 e. The van der Waals surface area contributed by atoms with Gasteiger partial charge in [0.1, 0.15) is 5.75 Å². The minimum Gasteiger partial charge on any atom is -0.497 e. The van der Waals surface area contributed by atoms with Crippen molar-refractivity contribution in [1.29, 1.82) is 0 Å². The van der Waals surface area contributed by atoms with Gasteiger partial charge in [0.25, 0.3) is 0 Å². The summed E-state index contributed by atoms with van der Waals surface area (Å²) in [6.07, 6.45) is 1.21. The summed E-state index contributed by atoms with van der Waals surface area (Å²) in [5.74, 6) is 3.10. The minimum atomic E-state index is -3.99. The van der Waals surface area contributed by atoms with Crippen molar-refractivity contribution < 1.29 is 17.9 Å². The second kappa shape index (κ2) is 27.8. The Morgan fingerprint density at radius 3 is 1.34 bits per heavy atom. The van der Waals surface area contributed by atoms with Crippen molar-refractivity contribution in [3.63, 3.8) is 0 Å². The molecule has 304 valence electrons. The number of alkyl halides is 3. The Kier molecular flexibility index (Phi) is 24.2. The second-order valence-corrected chi connectivity index (χ2v) is 22.5. The lowest BCUT2D eigenvalue weighted by molar-refractivity contribution is -0.135. The molecule has 0 saturated heterocycles. The Hall–Kier alpha value is -1.77. The van der Waals surface area contributed by atoms with Crippen molar-refractivity contribution in [2.75, 3.05) is 18.6 Å². The van der Waals surface area contributed by atoms with Crippen LogP contribution in [0.1, 0.15) is 78.2 Å². The highest BCUT2D eigenvalue weighted by molar-refractivity contribution is 8.01. The van der Waals surface area contributed by atoms with E-state index in [4.69, 9.17) is 4.74 Å². The van der Waals surface area contributed by atoms with Crippen LogP contribution in [0.2, 0.25) is 0 Å². The maximum atomic E-state index is 11.8. The molecule has 0 bridgehead atoms. The van der Waals surface area contributed by atoms with Crippen LogP contribution in [0.5, 0.6) is 5.75 Å². The van der Waals surface area contributed by atoms with Crippen LogP contribution < -0.4 is 4.74 Å². The van der Waals surface area contributed by atoms with Crippen LogP contribution in [-0.2, 0) is 5.41 Å². The lowest BCUT2D eigenvalue weighted by Gasteiger charge is -2.18. The van der Waals surface area contributed by atoms with Crippen molar-refractivity contribution >= 4 is 92.4 Å². The summed E-state index contributed by atoms with van der Waals surface area (Å²) >= 11 is 14.4. The van der Waals surface area contributed by atoms with E-state index in [1.807, 2.05) is 64.5 Å². The number of thioether (sulfide) groups is 2. The van der Waals surface area contributed by atoms with Crippen LogP contribution in [0.3, 0.4) is 0 Å². The van der Waals surface area contributed by atoms with Crippen LogP contribution in [0.25, 0.3) is 0 Å². The van der Waals surface area contributed by atoms with Gasteiger partial charge < -0.3 is 4.74 Å². The zero-order valence-electron chi connectivity index (χ0n) is 32.7. The Balaban J connectivity index is 0.000000202. The molecule has 0 saturated carbocycles. The molecule has 0 fully saturated rings. The molecule has 0 aliphatic rings. The fourth-order valence-electron chi connectivity index (χ4n) is 4.54. The zero-order valence-corrected chi connectivity index (χ0v) is 39.3. The summed E-state index contributed by atoms with van der Waals surface area (Å²) in [4.78, 5) is 2.56. The molecule has 4 heterocycles. The van der Waals surface area contributed by atoms with Crippen molar-refractivity contribution in [2.24, 2.45) is 0 Å². The summed E-state index contributed by atoms with van der Waals surface area (Å²) < 4.78 is 45.8. The van der Waals surface area contributed by atoms with E-state index in [0.717, 1.165) is 17.9 Å². The Morgan fingerprint density at radius 1 is 0.536 bits per heavy atom. The smallest absolute Gasteiger partial charge is 0.389 e. The molecule has 0 atom stereocenters. The molecule has 1 nitrogen and oxygen atoms in total. The first-order valence-corrected chi connectivity index (χ1v) is 25.6. The second-order valence-electron chi connectivity index (χ2n) is 13.2. The lowest BCUT2D eigenvalue weighted by Crippen LogP contribution is -2.10. The number of methoxy groups -OCH3 is 1. The van der Waals surface area contributed by atoms with Gasteiger partial charge in [0, 0.05) is 16.2 Å². The van der Waals surface area contributed by atoms with Gasteiger partial charge in [-0.15, -0.1) is 68.9 Å². The number of halogens is 3. The highest BCUT2D eigenvalue weighted by Crippen LogP contribution is 2.34. The quantitative estimate of drug-likeness (QED) is 0.0705. The summed E-state index contributed by atoms with van der Waals surface area (Å²) in [7, 11) is 1.68. The van der Waals surface area contributed by atoms with E-state index >= 15 is 0 Å². The van der Waals surface area contributed by atoms with E-state index in [2.05, 4.69) is 117 Å². The summed E-state index contributed by atoms with van der Waals surface area (Å²) in [6, 6.07) is 33.8. The maximum absolute atomic E-state index is 11.8. The molecule has 0 amide bonds. The van der Waals surface area contributed by atoms with Gasteiger partial charge in [-0.2, -0.15) is 13.2 Å². The van der Waals surface area contributed by atoms with E-state index in [0.29, 0.717) is 6.42 Å². The van der Waals surface area contributed by atoms with E-state index < -0.39 is 12.6 Å². The van der Waals surface area contributed by atoms with Gasteiger partial charge >= 0.3 is 6.18 Å². The number of hydrogen-bond acceptors (Lipinski definition) is 9. The first kappa shape index (κ1) is 48.6. The average Bonchev–Trinajstić information content (AvgIpc) is 4.03. The third kappa shape index (κ3) is 22.4. The maximum Gasteiger partial charge on any atom is 0.389 e. The number of ether oxygens (including phenoxy) is 1. The van der Waals surface area contributed by atoms with Gasteiger partial charge in [-0.1, -0.05) is 107 Å². The van der Waals surface area contributed by atoms with E-state index in [1.165, 1.54) is 57.2 Å². The molecule has 0 aliphatic carbocycles. The summed E-state index contributed by atoms with van der Waals surface area (Å²) in [6.45, 7) is 8.98. The number of thiophene rings is 4. The molecule has 6 aromatic rings. The predicted octanol–water partition coefficient (Wildman–Crippen LogP) is 18.1. The average molecular weight is 911 g/mol. The van der Waals surface area contributed by atoms with Crippen molar-refractivity contribution in [2.45, 2.75) is 111 Å². The van der Waals surface area contributed by atoms with Crippen LogP contribution in [0.15, 0.2) is 145 Å². The normalized spacial score (nSPS) is 11.1. The Bertz CT molecular complexity index is 1760. The molecular formula is C44H53F3OS8. The number of hydrogen-bond donors (Lipinski definition) is 0. The molecule has 0 N–H and O–H groups in total. The van der Waals surface area contributed by atoms with Crippen LogP contribution in [0.4, 0.5) is 13.2 Å². The van der Waals surface area contributed by atoms with Crippen LogP contribution in [-0.4, -0.2) is 24.8 Å². The molecule has 6 rings (SSSR count). The molecule has 56 heavy (non-hydrogen) atoms. The van der Waals surface area contributed by atoms with Crippen LogP contribution in [0, 0.1) is 0 Å². The fourth-order valence-corrected chi connectivity index (χ4v) is 11.8. The summed E-state index contributed by atoms with van der Waals surface area (Å²) in [5, 5.41) is 8.35. The van der Waals surface area contributed by atoms with Gasteiger partial charge in [-0.25, -0.2) is 0 Å². The molecule has 0 radical (unpaired) electrons. The Morgan fingerprint density at radius 2 is 0.964 bits per heavy atom. The van der Waals surface area contributed by atoms with E-state index in [-0.39, 0.29) is 11.8 Å². The van der Waals surface area contributed by atoms with Crippen LogP contribution >= 0.6 is 92.4 Å². The van der Waals surface area contributed by atoms with Gasteiger partial charge in [0.2, 0.25) is 0 Å². The third-order valence-electron chi connectivity index (χ3n) is 7.54. The monoisotopic (exact) mass is 910 g/mol. The molecule has 12 heteroatoms. The number of unbranched alkanes of at least 4 members (excludes halogenated alkanes) is 4. The molecule has 0 aliphatic heterocycles. The van der Waals surface area contributed by atoms with Gasteiger partial charge in [0.05, 0.1) is 23.9 Å². The topological polar surface area (TPSA) is 9.23 Å². The van der Waals surface area contributed by atoms with E-state index in [9.17, 15) is 13.2 Å². The highest BCUT2D eigenvalue weighted by Gasteiger charge is 2.25. The highest BCUT2D eigenvalue weighted by atomic mass is 32.2. The third-order valence-corrected chi connectivity index (χ3v) is 16.1. The lowest BCUT2D eigenvalue weighted by atomic mass is 9.87. The standard InChI is InChI=1S/C14H16S2.C11H10OS2.C10H13F3S2.C9H14S2/c1-14(2,3)11-6-8-12(9-7-11)16-13-5-4-10-15-13;1-12-9-4-6-10(7-5-9)14-11-3-2-8-13-11;11-10(12,13)6-2-1-3-7-14-9-5-4-8-15-9;1-2-3-4-7-10-9-6-5-8-11-9/h4-10H,1-3H3;2-8H,1H3;4-5,8H,1-3,6-7H2;5-6,8H,2-4,7H2,1H3. The number of rotatable bonds is 16. The fraction of sp³-hybridized carbons (Fsp3) is 0.364. The summed E-state index contributed by atoms with van der Waals surface area (Å²) in [5.41, 5.74) is 1.63. The van der Waals surface area contributed by atoms with Crippen molar-refractivity contribution in [3.8, 4) is 5.75 Å². The number of benzene rings is 2. The molecule has 0 unspecified atom stereocenters. The van der Waals surface area contributed by atoms with Gasteiger partial charge in [-0.3, -0.25) is 0 Å².